The van der Waals surface area contributed by atoms with E-state index in [2.05, 4.69) is 0 Å². The summed E-state index contributed by atoms with van der Waals surface area (Å²) in [6, 6.07) is 7.94. The molecule has 2 N–H and O–H groups in total. The van der Waals surface area contributed by atoms with Crippen molar-refractivity contribution in [2.75, 3.05) is 6.61 Å². The molecule has 0 aromatic heterocycles. The van der Waals surface area contributed by atoms with E-state index < -0.39 is 82.2 Å². The number of carbonyl (C=O) groups is 4. The van der Waals surface area contributed by atoms with Crippen molar-refractivity contribution in [1.29, 1.82) is 0 Å². The fourth-order valence-electron chi connectivity index (χ4n) is 7.87. The van der Waals surface area contributed by atoms with Crippen molar-refractivity contribution in [3.63, 3.8) is 0 Å². The second-order valence-corrected chi connectivity index (χ2v) is 12.7. The third kappa shape index (κ3) is 4.07. The van der Waals surface area contributed by atoms with Gasteiger partial charge in [-0.2, -0.15) is 0 Å². The minimum absolute atomic E-state index is 0.102. The standard InChI is InChI=1S/C31H37FO10/c1-15-19(35)13-31(38)26(41-27(37)18-10-8-7-9-11-18)24-29(6,20(32)12-21-30(24,14-39-21)42-17(3)34)25(36)23(40-16(2)33)22(15)28(31,4)5/h7-11,19-21,23-24,26,35,38H,12-14H2,1-6H3/t19-,20-,21?,23+,24?,26-,29+,30-,31+/m0/s1. The second kappa shape index (κ2) is 9.96. The van der Waals surface area contributed by atoms with Crippen LogP contribution in [0.5, 0.6) is 0 Å². The smallest absolute Gasteiger partial charge is 0.338 e. The molecule has 9 atom stereocenters. The Morgan fingerprint density at radius 2 is 1.69 bits per heavy atom. The fourth-order valence-corrected chi connectivity index (χ4v) is 7.87. The molecule has 1 saturated heterocycles. The molecule has 4 aliphatic rings. The molecule has 42 heavy (non-hydrogen) atoms. The van der Waals surface area contributed by atoms with Gasteiger partial charge in [-0.25, -0.2) is 9.18 Å². The van der Waals surface area contributed by atoms with Crippen LogP contribution < -0.4 is 0 Å². The summed E-state index contributed by atoms with van der Waals surface area (Å²) in [4.78, 5) is 53.3. The van der Waals surface area contributed by atoms with E-state index in [1.165, 1.54) is 19.1 Å². The Hall–Kier alpha value is -3.15. The summed E-state index contributed by atoms with van der Waals surface area (Å²) < 4.78 is 39.8. The first-order valence-electron chi connectivity index (χ1n) is 14.1. The summed E-state index contributed by atoms with van der Waals surface area (Å²) >= 11 is 0. The molecule has 2 bridgehead atoms. The molecule has 1 aromatic rings. The lowest BCUT2D eigenvalue weighted by Gasteiger charge is -2.67. The highest BCUT2D eigenvalue weighted by Crippen LogP contribution is 2.64. The van der Waals surface area contributed by atoms with Gasteiger partial charge in [0, 0.05) is 32.1 Å². The molecule has 1 aromatic carbocycles. The molecule has 3 aliphatic carbocycles. The predicted octanol–water partition coefficient (Wildman–Crippen LogP) is 2.63. The van der Waals surface area contributed by atoms with Gasteiger partial charge in [-0.05, 0) is 37.1 Å². The number of ketones is 1. The number of fused-ring (bicyclic) bond motifs is 5. The first kappa shape index (κ1) is 30.3. The highest BCUT2D eigenvalue weighted by Gasteiger charge is 2.78. The molecule has 1 aliphatic heterocycles. The van der Waals surface area contributed by atoms with Crippen LogP contribution in [0, 0.1) is 16.7 Å². The van der Waals surface area contributed by atoms with E-state index in [1.807, 2.05) is 0 Å². The average molecular weight is 589 g/mol. The molecule has 5 rings (SSSR count). The third-order valence-electron chi connectivity index (χ3n) is 10.1. The summed E-state index contributed by atoms with van der Waals surface area (Å²) in [5.41, 5.74) is -6.90. The predicted molar refractivity (Wildman–Crippen MR) is 144 cm³/mol. The topological polar surface area (TPSA) is 146 Å². The Morgan fingerprint density at radius 3 is 2.24 bits per heavy atom. The average Bonchev–Trinajstić information content (AvgIpc) is 2.90. The van der Waals surface area contributed by atoms with Crippen LogP contribution in [0.2, 0.25) is 0 Å². The molecule has 10 nitrogen and oxygen atoms in total. The minimum atomic E-state index is -2.17. The SMILES string of the molecule is CC(=O)O[C@H]1C(=O)[C@@]2(C)C([C@H](OC(=O)c3ccccc3)[C@]3(O)C[C@H](O)C(C)=C1C3(C)C)[C@]1(OC(C)=O)COC1C[C@@H]2F. The van der Waals surface area contributed by atoms with Crippen molar-refractivity contribution in [2.45, 2.75) is 96.2 Å². The number of ether oxygens (including phenoxy) is 4. The van der Waals surface area contributed by atoms with Gasteiger partial charge in [0.1, 0.15) is 24.0 Å². The Morgan fingerprint density at radius 1 is 1.05 bits per heavy atom. The van der Waals surface area contributed by atoms with E-state index in [0.29, 0.717) is 0 Å². The maximum atomic E-state index is 16.6. The van der Waals surface area contributed by atoms with Gasteiger partial charge < -0.3 is 29.2 Å². The summed E-state index contributed by atoms with van der Waals surface area (Å²) in [6.45, 7) is 8.08. The number of carbonyl (C=O) groups excluding carboxylic acids is 4. The monoisotopic (exact) mass is 588 g/mol. The van der Waals surface area contributed by atoms with Crippen molar-refractivity contribution in [1.82, 2.24) is 0 Å². The largest absolute Gasteiger partial charge is 0.455 e. The summed E-state index contributed by atoms with van der Waals surface area (Å²) in [6.07, 6.45) is -8.35. The van der Waals surface area contributed by atoms with Crippen LogP contribution in [0.15, 0.2) is 41.5 Å². The van der Waals surface area contributed by atoms with E-state index >= 15 is 4.39 Å². The highest BCUT2D eigenvalue weighted by atomic mass is 19.1. The Labute approximate surface area is 243 Å². The van der Waals surface area contributed by atoms with E-state index in [0.717, 1.165) is 13.8 Å². The molecule has 2 unspecified atom stereocenters. The van der Waals surface area contributed by atoms with Gasteiger partial charge in [0.25, 0.3) is 0 Å². The zero-order valence-corrected chi connectivity index (χ0v) is 24.5. The summed E-state index contributed by atoms with van der Waals surface area (Å²) in [5, 5.41) is 24.1. The molecule has 1 heterocycles. The molecule has 3 fully saturated rings. The number of hydrogen-bond donors (Lipinski definition) is 2. The number of hydrogen-bond acceptors (Lipinski definition) is 10. The van der Waals surface area contributed by atoms with Gasteiger partial charge in [-0.3, -0.25) is 14.4 Å². The Kier molecular flexibility index (Phi) is 7.19. The van der Waals surface area contributed by atoms with Crippen LogP contribution in [0.3, 0.4) is 0 Å². The van der Waals surface area contributed by atoms with Crippen LogP contribution in [-0.2, 0) is 33.3 Å². The van der Waals surface area contributed by atoms with Crippen molar-refractivity contribution >= 4 is 23.7 Å². The van der Waals surface area contributed by atoms with Crippen LogP contribution in [-0.4, -0.2) is 82.3 Å². The quantitative estimate of drug-likeness (QED) is 0.306. The van der Waals surface area contributed by atoms with Crippen LogP contribution >= 0.6 is 0 Å². The molecule has 228 valence electrons. The van der Waals surface area contributed by atoms with Crippen molar-refractivity contribution in [3.05, 3.63) is 47.0 Å². The van der Waals surface area contributed by atoms with Gasteiger partial charge in [-0.15, -0.1) is 0 Å². The first-order valence-corrected chi connectivity index (χ1v) is 14.1. The van der Waals surface area contributed by atoms with E-state index in [9.17, 15) is 29.4 Å². The molecule has 0 radical (unpaired) electrons. The number of rotatable bonds is 4. The van der Waals surface area contributed by atoms with Gasteiger partial charge in [0.15, 0.2) is 17.5 Å². The van der Waals surface area contributed by atoms with E-state index in [4.69, 9.17) is 18.9 Å². The first-order chi connectivity index (χ1) is 19.5. The van der Waals surface area contributed by atoms with Crippen molar-refractivity contribution in [2.24, 2.45) is 16.7 Å². The lowest BCUT2D eigenvalue weighted by molar-refractivity contribution is -0.341. The van der Waals surface area contributed by atoms with Crippen LogP contribution in [0.25, 0.3) is 0 Å². The molecular formula is C31H37FO10. The van der Waals surface area contributed by atoms with Crippen molar-refractivity contribution < 1.29 is 52.7 Å². The van der Waals surface area contributed by atoms with Crippen LogP contribution in [0.1, 0.15) is 64.7 Å². The number of benzene rings is 1. The van der Waals surface area contributed by atoms with Gasteiger partial charge in [-0.1, -0.05) is 32.0 Å². The zero-order valence-electron chi connectivity index (χ0n) is 24.5. The third-order valence-corrected chi connectivity index (χ3v) is 10.1. The summed E-state index contributed by atoms with van der Waals surface area (Å²) in [5.74, 6) is -4.78. The Balaban J connectivity index is 1.84. The number of alkyl halides is 1. The minimum Gasteiger partial charge on any atom is -0.455 e. The van der Waals surface area contributed by atoms with Crippen LogP contribution in [0.4, 0.5) is 4.39 Å². The number of halogens is 1. The fraction of sp³-hybridized carbons (Fsp3) is 0.613. The molecular weight excluding hydrogens is 551 g/mol. The lowest BCUT2D eigenvalue weighted by Crippen LogP contribution is -2.81. The maximum Gasteiger partial charge on any atom is 0.338 e. The lowest BCUT2D eigenvalue weighted by atomic mass is 9.45. The normalized spacial score (nSPS) is 40.4. The second-order valence-electron chi connectivity index (χ2n) is 12.7. The molecule has 11 heteroatoms. The zero-order chi connectivity index (χ0) is 31.0. The number of aliphatic hydroxyl groups is 2. The number of Topliss-reactive ketones (excluding diaryl/α,β-unsaturated/α-hetero) is 1. The Bertz CT molecular complexity index is 1360. The van der Waals surface area contributed by atoms with Gasteiger partial charge in [0.2, 0.25) is 0 Å². The van der Waals surface area contributed by atoms with Gasteiger partial charge >= 0.3 is 17.9 Å². The maximum absolute atomic E-state index is 16.6. The van der Waals surface area contributed by atoms with Gasteiger partial charge in [0.05, 0.1) is 29.6 Å². The van der Waals surface area contributed by atoms with E-state index in [-0.39, 0.29) is 36.2 Å². The summed E-state index contributed by atoms with van der Waals surface area (Å²) in [7, 11) is 0. The molecule has 2 saturated carbocycles. The highest BCUT2D eigenvalue weighted by molar-refractivity contribution is 5.95. The molecule has 0 spiro atoms. The van der Waals surface area contributed by atoms with Crippen molar-refractivity contribution in [3.8, 4) is 0 Å². The molecule has 0 amide bonds. The number of esters is 3. The van der Waals surface area contributed by atoms with E-state index in [1.54, 1.807) is 39.0 Å². The number of aliphatic hydroxyl groups excluding tert-OH is 1.